The Labute approximate surface area is 164 Å². The minimum absolute atomic E-state index is 0.0197. The fourth-order valence-corrected chi connectivity index (χ4v) is 4.56. The normalized spacial score (nSPS) is 23.8. The van der Waals surface area contributed by atoms with Crippen LogP contribution >= 0.6 is 0 Å². The molecule has 0 aliphatic carbocycles. The number of carbonyl (C=O) groups excluding carboxylic acids is 1. The number of nitrogens with zero attached hydrogens (tertiary/aromatic N) is 2. The first-order chi connectivity index (χ1) is 13.0. The molecule has 1 saturated heterocycles. The van der Waals surface area contributed by atoms with E-state index in [1.165, 1.54) is 17.9 Å². The topological polar surface area (TPSA) is 71.9 Å². The lowest BCUT2D eigenvalue weighted by atomic mass is 9.69. The summed E-state index contributed by atoms with van der Waals surface area (Å²) in [5.74, 6) is -0.753. The number of hydrogen-bond acceptors (Lipinski definition) is 5. The summed E-state index contributed by atoms with van der Waals surface area (Å²) < 4.78 is 38.0. The van der Waals surface area contributed by atoms with Crippen molar-refractivity contribution in [2.45, 2.75) is 56.4 Å². The zero-order chi connectivity index (χ0) is 20.7. The van der Waals surface area contributed by atoms with Gasteiger partial charge in [-0.05, 0) is 19.0 Å². The minimum atomic E-state index is -2.69. The van der Waals surface area contributed by atoms with Crippen LogP contribution in [0.5, 0.6) is 5.88 Å². The summed E-state index contributed by atoms with van der Waals surface area (Å²) >= 11 is 0. The van der Waals surface area contributed by atoms with Crippen molar-refractivity contribution in [1.82, 2.24) is 9.88 Å². The first kappa shape index (κ1) is 21.1. The number of carbonyl (C=O) groups is 1. The SMILES string of the molecule is CC1(CC(F)F)C(=O)N(COCC[Si](C)(C)C)C2(COC2)c2ccc(O)nc21. The van der Waals surface area contributed by atoms with E-state index in [0.29, 0.717) is 12.2 Å². The molecule has 3 rings (SSSR count). The Bertz CT molecular complexity index is 752. The van der Waals surface area contributed by atoms with Gasteiger partial charge in [0.2, 0.25) is 18.2 Å². The fraction of sp³-hybridized carbons (Fsp3) is 0.684. The van der Waals surface area contributed by atoms with Crippen LogP contribution in [0.25, 0.3) is 0 Å². The summed E-state index contributed by atoms with van der Waals surface area (Å²) in [4.78, 5) is 19.0. The molecule has 0 aromatic carbocycles. The molecule has 2 aliphatic rings. The van der Waals surface area contributed by atoms with Crippen LogP contribution in [0.1, 0.15) is 24.6 Å². The number of rotatable bonds is 7. The van der Waals surface area contributed by atoms with Crippen LogP contribution in [-0.4, -0.2) is 61.9 Å². The van der Waals surface area contributed by atoms with Crippen LogP contribution in [-0.2, 0) is 25.2 Å². The van der Waals surface area contributed by atoms with Gasteiger partial charge in [0, 0.05) is 32.7 Å². The molecule has 2 aliphatic heterocycles. The summed E-state index contributed by atoms with van der Waals surface area (Å²) in [6.45, 7) is 9.21. The van der Waals surface area contributed by atoms with Crippen molar-refractivity contribution < 1.29 is 28.2 Å². The van der Waals surface area contributed by atoms with Crippen molar-refractivity contribution in [3.8, 4) is 5.88 Å². The molecule has 1 atom stereocenters. The highest BCUT2D eigenvalue weighted by atomic mass is 28.3. The lowest BCUT2D eigenvalue weighted by Crippen LogP contribution is -2.68. The Morgan fingerprint density at radius 2 is 2.04 bits per heavy atom. The van der Waals surface area contributed by atoms with Crippen LogP contribution in [0, 0.1) is 0 Å². The van der Waals surface area contributed by atoms with E-state index in [0.717, 1.165) is 6.04 Å². The van der Waals surface area contributed by atoms with E-state index < -0.39 is 37.8 Å². The van der Waals surface area contributed by atoms with E-state index in [4.69, 9.17) is 9.47 Å². The Morgan fingerprint density at radius 1 is 1.36 bits per heavy atom. The number of alkyl halides is 2. The Balaban J connectivity index is 1.96. The van der Waals surface area contributed by atoms with E-state index in [-0.39, 0.29) is 31.5 Å². The van der Waals surface area contributed by atoms with Crippen molar-refractivity contribution in [1.29, 1.82) is 0 Å². The molecule has 6 nitrogen and oxygen atoms in total. The highest BCUT2D eigenvalue weighted by molar-refractivity contribution is 6.76. The van der Waals surface area contributed by atoms with Gasteiger partial charge in [0.25, 0.3) is 0 Å². The van der Waals surface area contributed by atoms with Crippen LogP contribution in [0.4, 0.5) is 8.78 Å². The first-order valence-electron chi connectivity index (χ1n) is 9.46. The third-order valence-corrected chi connectivity index (χ3v) is 7.30. The number of fused-ring (bicyclic) bond motifs is 2. The van der Waals surface area contributed by atoms with Gasteiger partial charge in [0.1, 0.15) is 12.3 Å². The van der Waals surface area contributed by atoms with E-state index >= 15 is 0 Å². The maximum atomic E-state index is 13.4. The zero-order valence-electron chi connectivity index (χ0n) is 16.8. The quantitative estimate of drug-likeness (QED) is 0.548. The minimum Gasteiger partial charge on any atom is -0.493 e. The molecule has 0 saturated carbocycles. The van der Waals surface area contributed by atoms with Crippen LogP contribution < -0.4 is 0 Å². The van der Waals surface area contributed by atoms with E-state index in [9.17, 15) is 18.7 Å². The highest BCUT2D eigenvalue weighted by Crippen LogP contribution is 2.49. The summed E-state index contributed by atoms with van der Waals surface area (Å²) in [7, 11) is -1.30. The molecule has 156 valence electrons. The van der Waals surface area contributed by atoms with Gasteiger partial charge in [-0.2, -0.15) is 0 Å². The van der Waals surface area contributed by atoms with Gasteiger partial charge in [0.05, 0.1) is 24.3 Å². The van der Waals surface area contributed by atoms with Crippen molar-refractivity contribution in [2.75, 3.05) is 26.6 Å². The maximum absolute atomic E-state index is 13.4. The van der Waals surface area contributed by atoms with Gasteiger partial charge >= 0.3 is 0 Å². The molecule has 1 aromatic rings. The van der Waals surface area contributed by atoms with Gasteiger partial charge in [-0.3, -0.25) is 4.79 Å². The number of amides is 1. The van der Waals surface area contributed by atoms with Crippen molar-refractivity contribution in [3.63, 3.8) is 0 Å². The Morgan fingerprint density at radius 3 is 2.57 bits per heavy atom. The average Bonchev–Trinajstić information content (AvgIpc) is 2.53. The lowest BCUT2D eigenvalue weighted by Gasteiger charge is -2.56. The third-order valence-electron chi connectivity index (χ3n) is 5.60. The summed E-state index contributed by atoms with van der Waals surface area (Å²) in [6.07, 6.45) is -3.36. The fourth-order valence-electron chi connectivity index (χ4n) is 3.80. The van der Waals surface area contributed by atoms with E-state index in [2.05, 4.69) is 24.6 Å². The molecule has 1 aromatic heterocycles. The molecule has 0 bridgehead atoms. The number of halogens is 2. The van der Waals surface area contributed by atoms with Crippen molar-refractivity contribution >= 4 is 14.0 Å². The van der Waals surface area contributed by atoms with Crippen molar-refractivity contribution in [2.24, 2.45) is 0 Å². The lowest BCUT2D eigenvalue weighted by molar-refractivity contribution is -0.198. The monoisotopic (exact) mass is 414 g/mol. The Kier molecular flexibility index (Phi) is 5.54. The van der Waals surface area contributed by atoms with Crippen LogP contribution in [0.2, 0.25) is 25.7 Å². The Hall–Kier alpha value is -1.58. The number of aromatic nitrogens is 1. The first-order valence-corrected chi connectivity index (χ1v) is 13.2. The number of aromatic hydroxyl groups is 1. The average molecular weight is 415 g/mol. The molecule has 9 heteroatoms. The molecule has 0 radical (unpaired) electrons. The van der Waals surface area contributed by atoms with E-state index in [1.54, 1.807) is 6.07 Å². The number of pyridine rings is 1. The standard InChI is InChI=1S/C19H28F2N2O4Si/c1-18(9-14(20)21)16-13(5-6-15(24)22-16)19(10-27-11-19)23(17(18)25)12-26-7-8-28(2,3)4/h5-6,14H,7-12H2,1-4H3,(H,22,24). The number of hydrogen-bond donors (Lipinski definition) is 1. The van der Waals surface area contributed by atoms with Crippen LogP contribution in [0.3, 0.4) is 0 Å². The van der Waals surface area contributed by atoms with E-state index in [1.807, 2.05) is 0 Å². The molecular formula is C19H28F2N2O4Si. The molecule has 1 spiro atoms. The largest absolute Gasteiger partial charge is 0.493 e. The van der Waals surface area contributed by atoms with Gasteiger partial charge in [-0.25, -0.2) is 13.8 Å². The molecule has 1 amide bonds. The molecular weight excluding hydrogens is 386 g/mol. The summed E-state index contributed by atoms with van der Waals surface area (Å²) in [5.41, 5.74) is -1.47. The molecule has 28 heavy (non-hydrogen) atoms. The zero-order valence-corrected chi connectivity index (χ0v) is 17.8. The third kappa shape index (κ3) is 3.67. The second kappa shape index (κ2) is 7.35. The molecule has 1 N–H and O–H groups in total. The second-order valence-corrected chi connectivity index (χ2v) is 14.7. The predicted octanol–water partition coefficient (Wildman–Crippen LogP) is 3.08. The van der Waals surface area contributed by atoms with Gasteiger partial charge in [-0.1, -0.05) is 19.6 Å². The number of ether oxygens (including phenoxy) is 2. The second-order valence-electron chi connectivity index (χ2n) is 9.10. The molecule has 3 heterocycles. The molecule has 1 fully saturated rings. The predicted molar refractivity (Wildman–Crippen MR) is 102 cm³/mol. The summed E-state index contributed by atoms with van der Waals surface area (Å²) in [5, 5.41) is 9.84. The van der Waals surface area contributed by atoms with Gasteiger partial charge in [-0.15, -0.1) is 0 Å². The maximum Gasteiger partial charge on any atom is 0.240 e. The van der Waals surface area contributed by atoms with Crippen molar-refractivity contribution in [3.05, 3.63) is 23.4 Å². The highest BCUT2D eigenvalue weighted by Gasteiger charge is 2.60. The smallest absolute Gasteiger partial charge is 0.240 e. The van der Waals surface area contributed by atoms with Gasteiger partial charge < -0.3 is 19.5 Å². The van der Waals surface area contributed by atoms with Gasteiger partial charge in [0.15, 0.2) is 0 Å². The summed E-state index contributed by atoms with van der Waals surface area (Å²) in [6, 6.07) is 4.02. The molecule has 1 unspecified atom stereocenters. The van der Waals surface area contributed by atoms with Crippen LogP contribution in [0.15, 0.2) is 12.1 Å².